The highest BCUT2D eigenvalue weighted by Crippen LogP contribution is 2.36. The fourth-order valence-corrected chi connectivity index (χ4v) is 5.10. The maximum absolute atomic E-state index is 12.1. The molecule has 1 aromatic heterocycles. The molecule has 0 spiro atoms. The Morgan fingerprint density at radius 2 is 1.73 bits per heavy atom. The number of sulfonamides is 2. The zero-order valence-corrected chi connectivity index (χ0v) is 15.7. The lowest BCUT2D eigenvalue weighted by Gasteiger charge is -2.22. The van der Waals surface area contributed by atoms with Crippen LogP contribution < -0.4 is 8.45 Å². The van der Waals surface area contributed by atoms with Crippen LogP contribution in [-0.4, -0.2) is 47.4 Å². The number of esters is 1. The van der Waals surface area contributed by atoms with Crippen molar-refractivity contribution >= 4 is 31.7 Å². The molecule has 0 fully saturated rings. The van der Waals surface area contributed by atoms with Crippen LogP contribution in [0.2, 0.25) is 0 Å². The van der Waals surface area contributed by atoms with E-state index in [2.05, 4.69) is 9.72 Å². The van der Waals surface area contributed by atoms with Crippen molar-refractivity contribution in [2.75, 3.05) is 23.3 Å². The SMILES string of the molecule is COC(=O)c1ccc(Oc2cccnc2)c(N(S(C)(=O)=O)S(C)(=O)=O)c1. The van der Waals surface area contributed by atoms with Gasteiger partial charge in [0, 0.05) is 6.20 Å². The molecule has 0 aliphatic rings. The fourth-order valence-electron chi connectivity index (χ4n) is 2.13. The van der Waals surface area contributed by atoms with E-state index in [4.69, 9.17) is 4.74 Å². The number of rotatable bonds is 6. The van der Waals surface area contributed by atoms with Crippen molar-refractivity contribution < 1.29 is 31.1 Å². The molecular weight excluding hydrogens is 384 g/mol. The number of hydrogen-bond acceptors (Lipinski definition) is 8. The highest BCUT2D eigenvalue weighted by Gasteiger charge is 2.31. The second-order valence-corrected chi connectivity index (χ2v) is 9.08. The van der Waals surface area contributed by atoms with Gasteiger partial charge in [-0.2, -0.15) is 3.71 Å². The van der Waals surface area contributed by atoms with Crippen LogP contribution in [0.1, 0.15) is 10.4 Å². The zero-order valence-electron chi connectivity index (χ0n) is 14.1. The van der Waals surface area contributed by atoms with Gasteiger partial charge in [-0.3, -0.25) is 4.98 Å². The highest BCUT2D eigenvalue weighted by atomic mass is 32.3. The third-order valence-electron chi connectivity index (χ3n) is 3.04. The van der Waals surface area contributed by atoms with Crippen molar-refractivity contribution in [3.63, 3.8) is 0 Å². The summed E-state index contributed by atoms with van der Waals surface area (Å²) in [6.45, 7) is 0. The van der Waals surface area contributed by atoms with E-state index in [9.17, 15) is 21.6 Å². The molecule has 2 rings (SSSR count). The molecule has 1 aromatic carbocycles. The molecule has 1 heterocycles. The van der Waals surface area contributed by atoms with Crippen LogP contribution in [0.4, 0.5) is 5.69 Å². The molecule has 0 aliphatic heterocycles. The molecule has 0 aliphatic carbocycles. The Bertz CT molecular complexity index is 987. The quantitative estimate of drug-likeness (QED) is 0.667. The van der Waals surface area contributed by atoms with Crippen molar-refractivity contribution in [3.05, 3.63) is 48.3 Å². The Kier molecular flexibility index (Phi) is 5.52. The van der Waals surface area contributed by atoms with Crippen molar-refractivity contribution in [1.29, 1.82) is 0 Å². The van der Waals surface area contributed by atoms with Gasteiger partial charge in [0.1, 0.15) is 11.4 Å². The number of pyridine rings is 1. The number of carbonyl (C=O) groups is 1. The minimum Gasteiger partial charge on any atom is -0.465 e. The van der Waals surface area contributed by atoms with E-state index < -0.39 is 26.0 Å². The van der Waals surface area contributed by atoms with Crippen LogP contribution in [0, 0.1) is 0 Å². The van der Waals surface area contributed by atoms with Crippen molar-refractivity contribution in [1.82, 2.24) is 4.98 Å². The fraction of sp³-hybridized carbons (Fsp3) is 0.200. The molecule has 0 radical (unpaired) electrons. The van der Waals surface area contributed by atoms with E-state index in [0.29, 0.717) is 0 Å². The topological polar surface area (TPSA) is 120 Å². The van der Waals surface area contributed by atoms with E-state index in [0.717, 1.165) is 25.7 Å². The van der Waals surface area contributed by atoms with Gasteiger partial charge in [0.25, 0.3) is 0 Å². The van der Waals surface area contributed by atoms with Crippen molar-refractivity contribution in [3.8, 4) is 11.5 Å². The number of carbonyl (C=O) groups excluding carboxylic acids is 1. The predicted molar refractivity (Wildman–Crippen MR) is 94.3 cm³/mol. The van der Waals surface area contributed by atoms with Crippen LogP contribution in [0.15, 0.2) is 42.7 Å². The normalized spacial score (nSPS) is 11.7. The second-order valence-electron chi connectivity index (χ2n) is 5.19. The Morgan fingerprint density at radius 3 is 2.23 bits per heavy atom. The number of benzene rings is 1. The van der Waals surface area contributed by atoms with Gasteiger partial charge in [0.05, 0.1) is 31.4 Å². The molecule has 0 amide bonds. The lowest BCUT2D eigenvalue weighted by atomic mass is 10.2. The van der Waals surface area contributed by atoms with E-state index in [1.165, 1.54) is 24.5 Å². The maximum atomic E-state index is 12.1. The molecule has 140 valence electrons. The molecule has 2 aromatic rings. The third-order valence-corrected chi connectivity index (χ3v) is 6.26. The average Bonchev–Trinajstić information content (AvgIpc) is 2.54. The summed E-state index contributed by atoms with van der Waals surface area (Å²) in [4.78, 5) is 15.6. The summed E-state index contributed by atoms with van der Waals surface area (Å²) in [5.74, 6) is -0.607. The van der Waals surface area contributed by atoms with Gasteiger partial charge in [0.2, 0.25) is 20.0 Å². The first-order valence-corrected chi connectivity index (χ1v) is 10.7. The van der Waals surface area contributed by atoms with E-state index in [1.807, 2.05) is 0 Å². The van der Waals surface area contributed by atoms with Crippen molar-refractivity contribution in [2.24, 2.45) is 0 Å². The molecule has 0 bridgehead atoms. The molecule has 0 atom stereocenters. The first-order chi connectivity index (χ1) is 12.0. The van der Waals surface area contributed by atoms with Crippen LogP contribution in [0.25, 0.3) is 0 Å². The Labute approximate surface area is 151 Å². The van der Waals surface area contributed by atoms with Crippen LogP contribution in [0.3, 0.4) is 0 Å². The molecule has 0 saturated heterocycles. The maximum Gasteiger partial charge on any atom is 0.337 e. The number of anilines is 1. The van der Waals surface area contributed by atoms with Gasteiger partial charge in [-0.1, -0.05) is 0 Å². The zero-order chi connectivity index (χ0) is 19.5. The van der Waals surface area contributed by atoms with Gasteiger partial charge in [-0.05, 0) is 30.3 Å². The predicted octanol–water partition coefficient (Wildman–Crippen LogP) is 1.39. The smallest absolute Gasteiger partial charge is 0.337 e. The Balaban J connectivity index is 2.70. The molecule has 26 heavy (non-hydrogen) atoms. The monoisotopic (exact) mass is 400 g/mol. The van der Waals surface area contributed by atoms with E-state index in [1.54, 1.807) is 12.1 Å². The first kappa shape index (κ1) is 19.7. The van der Waals surface area contributed by atoms with Gasteiger partial charge >= 0.3 is 5.97 Å². The van der Waals surface area contributed by atoms with Gasteiger partial charge in [-0.25, -0.2) is 21.6 Å². The number of nitrogens with zero attached hydrogens (tertiary/aromatic N) is 2. The summed E-state index contributed by atoms with van der Waals surface area (Å²) >= 11 is 0. The lowest BCUT2D eigenvalue weighted by molar-refractivity contribution is 0.0600. The molecule has 11 heteroatoms. The van der Waals surface area contributed by atoms with Gasteiger partial charge in [-0.15, -0.1) is 0 Å². The third kappa shape index (κ3) is 4.49. The van der Waals surface area contributed by atoms with Gasteiger partial charge < -0.3 is 9.47 Å². The van der Waals surface area contributed by atoms with Crippen LogP contribution >= 0.6 is 0 Å². The summed E-state index contributed by atoms with van der Waals surface area (Å²) < 4.78 is 58.7. The van der Waals surface area contributed by atoms with Crippen LogP contribution in [-0.2, 0) is 24.8 Å². The van der Waals surface area contributed by atoms with Gasteiger partial charge in [0.15, 0.2) is 5.75 Å². The molecule has 9 nitrogen and oxygen atoms in total. The number of methoxy groups -OCH3 is 1. The number of hydrogen-bond donors (Lipinski definition) is 0. The average molecular weight is 400 g/mol. The summed E-state index contributed by atoms with van der Waals surface area (Å²) in [5.41, 5.74) is -0.389. The standard InChI is InChI=1S/C15H16N2O7S2/c1-23-15(18)11-6-7-14(24-12-5-4-8-16-10-12)13(9-11)17(25(2,19)20)26(3,21)22/h4-10H,1-3H3. The first-order valence-electron chi connectivity index (χ1n) is 7.05. The molecule has 0 saturated carbocycles. The number of ether oxygens (including phenoxy) is 2. The minimum atomic E-state index is -4.24. The lowest BCUT2D eigenvalue weighted by Crippen LogP contribution is -2.35. The van der Waals surface area contributed by atoms with E-state index >= 15 is 0 Å². The summed E-state index contributed by atoms with van der Waals surface area (Å²) in [6, 6.07) is 6.81. The molecule has 0 unspecified atom stereocenters. The van der Waals surface area contributed by atoms with Crippen LogP contribution in [0.5, 0.6) is 11.5 Å². The summed E-state index contributed by atoms with van der Waals surface area (Å²) in [7, 11) is -7.34. The Hall–Kier alpha value is -2.66. The summed E-state index contributed by atoms with van der Waals surface area (Å²) in [6.07, 6.45) is 4.33. The number of aromatic nitrogens is 1. The highest BCUT2D eigenvalue weighted by molar-refractivity contribution is 8.09. The van der Waals surface area contributed by atoms with Crippen molar-refractivity contribution in [2.45, 2.75) is 0 Å². The Morgan fingerprint density at radius 1 is 1.08 bits per heavy atom. The molecule has 0 N–H and O–H groups in total. The molecular formula is C15H16N2O7S2. The second kappa shape index (κ2) is 7.30. The summed E-state index contributed by atoms with van der Waals surface area (Å²) in [5, 5.41) is 0. The minimum absolute atomic E-state index is 0.0432. The van der Waals surface area contributed by atoms with E-state index in [-0.39, 0.29) is 26.5 Å². The largest absolute Gasteiger partial charge is 0.465 e.